The molecule has 4 aromatic rings. The van der Waals surface area contributed by atoms with Gasteiger partial charge in [-0.2, -0.15) is 0 Å². The number of nitrogens with one attached hydrogen (secondary N) is 8. The molecule has 0 saturated carbocycles. The molecular weight excluding hydrogens is 955 g/mol. The Hall–Kier alpha value is -9.22. The topological polar surface area (TPSA) is 371 Å². The fourth-order valence-corrected chi connectivity index (χ4v) is 7.00. The number of carboxylic acids is 3. The lowest BCUT2D eigenvalue weighted by Gasteiger charge is -2.23. The molecule has 0 aliphatic rings. The largest absolute Gasteiger partial charge is 0.481 e. The van der Waals surface area contributed by atoms with Crippen LogP contribution in [0.5, 0.6) is 0 Å². The maximum atomic E-state index is 14.0. The van der Waals surface area contributed by atoms with Gasteiger partial charge in [0.2, 0.25) is 29.5 Å². The van der Waals surface area contributed by atoms with Crippen LogP contribution in [0, 0.1) is 10.1 Å². The molecule has 5 atom stereocenters. The molecule has 0 bridgehead atoms. The first kappa shape index (κ1) is 56.4. The molecule has 4 aromatic carbocycles. The number of carbonyl (C=O) groups is 10. The van der Waals surface area contributed by atoms with Crippen molar-refractivity contribution in [1.82, 2.24) is 42.5 Å². The van der Waals surface area contributed by atoms with Crippen LogP contribution < -0.4 is 42.5 Å². The lowest BCUT2D eigenvalue weighted by molar-refractivity contribution is -0.384. The van der Waals surface area contributed by atoms with E-state index in [1.807, 2.05) is 10.6 Å². The van der Waals surface area contributed by atoms with E-state index in [4.69, 9.17) is 5.11 Å². The summed E-state index contributed by atoms with van der Waals surface area (Å²) in [5.74, 6) is -8.85. The molecule has 24 nitrogen and oxygen atoms in total. The number of nitro benzene ring substituents is 1. The van der Waals surface area contributed by atoms with Crippen molar-refractivity contribution in [3.8, 4) is 0 Å². The van der Waals surface area contributed by atoms with Gasteiger partial charge in [-0.15, -0.1) is 0 Å². The summed E-state index contributed by atoms with van der Waals surface area (Å²) in [4.78, 5) is 138. The molecule has 0 aliphatic heterocycles. The molecule has 73 heavy (non-hydrogen) atoms. The van der Waals surface area contributed by atoms with Gasteiger partial charge in [0.25, 0.3) is 11.6 Å². The van der Waals surface area contributed by atoms with Crippen LogP contribution in [0.25, 0.3) is 0 Å². The summed E-state index contributed by atoms with van der Waals surface area (Å²) in [5, 5.41) is 58.7. The van der Waals surface area contributed by atoms with Crippen LogP contribution >= 0.6 is 0 Å². The Morgan fingerprint density at radius 2 is 0.945 bits per heavy atom. The van der Waals surface area contributed by atoms with Crippen molar-refractivity contribution in [3.63, 3.8) is 0 Å². The number of hydrogen-bond donors (Lipinski definition) is 11. The summed E-state index contributed by atoms with van der Waals surface area (Å²) < 4.78 is 0. The molecule has 24 heteroatoms. The molecule has 0 saturated heterocycles. The molecule has 0 spiro atoms. The van der Waals surface area contributed by atoms with Gasteiger partial charge in [0.05, 0.1) is 11.5 Å². The van der Waals surface area contributed by atoms with Crippen LogP contribution in [0.4, 0.5) is 10.5 Å². The highest BCUT2D eigenvalue weighted by atomic mass is 16.6. The van der Waals surface area contributed by atoms with E-state index < -0.39 is 127 Å². The van der Waals surface area contributed by atoms with E-state index in [1.54, 1.807) is 91.0 Å². The molecule has 4 rings (SSSR count). The molecule has 8 amide bonds. The zero-order valence-corrected chi connectivity index (χ0v) is 39.1. The summed E-state index contributed by atoms with van der Waals surface area (Å²) >= 11 is 0. The predicted molar refractivity (Wildman–Crippen MR) is 258 cm³/mol. The Labute approximate surface area is 417 Å². The van der Waals surface area contributed by atoms with Gasteiger partial charge < -0.3 is 57.9 Å². The second-order valence-corrected chi connectivity index (χ2v) is 16.3. The Bertz CT molecular complexity index is 2590. The van der Waals surface area contributed by atoms with Crippen molar-refractivity contribution in [3.05, 3.63) is 148 Å². The maximum Gasteiger partial charge on any atom is 0.326 e. The van der Waals surface area contributed by atoms with Crippen LogP contribution in [-0.2, 0) is 57.6 Å². The number of nitrogens with zero attached hydrogens (tertiary/aromatic N) is 1. The Morgan fingerprint density at radius 3 is 1.44 bits per heavy atom. The van der Waals surface area contributed by atoms with Gasteiger partial charge in [-0.3, -0.25) is 43.7 Å². The number of nitro groups is 1. The highest BCUT2D eigenvalue weighted by Crippen LogP contribution is 2.15. The minimum atomic E-state index is -1.68. The number of benzene rings is 4. The van der Waals surface area contributed by atoms with Crippen LogP contribution in [0.15, 0.2) is 115 Å². The Balaban J connectivity index is 1.33. The van der Waals surface area contributed by atoms with Crippen LogP contribution in [0.3, 0.4) is 0 Å². The van der Waals surface area contributed by atoms with Crippen molar-refractivity contribution >= 4 is 65.1 Å². The van der Waals surface area contributed by atoms with Crippen molar-refractivity contribution in [2.75, 3.05) is 19.6 Å². The lowest BCUT2D eigenvalue weighted by Crippen LogP contribution is -2.56. The molecule has 0 fully saturated rings. The van der Waals surface area contributed by atoms with Crippen molar-refractivity contribution in [2.24, 2.45) is 0 Å². The normalized spacial score (nSPS) is 12.7. The number of non-ortho nitro benzene ring substituents is 1. The summed E-state index contributed by atoms with van der Waals surface area (Å²) in [6.45, 7) is -0.855. The SMILES string of the molecule is O=C(O)CC[C@H](NC(=O)N[C@@H](CCC(=O)N[C@@H](Cc1ccccc1)C(=O)NCCNC(=O)CNC(=O)[C@H](Cc1ccccc1)NC(=O)[C@H](Cc1ccccc1)NC(=O)c1cccc([N+](=O)[O-])c1)C(=O)O)C(=O)O. The summed E-state index contributed by atoms with van der Waals surface area (Å²) in [5.41, 5.74) is 1.54. The number of aliphatic carboxylic acids is 3. The number of hydrogen-bond acceptors (Lipinski definition) is 12. The van der Waals surface area contributed by atoms with Crippen molar-refractivity contribution in [1.29, 1.82) is 0 Å². The smallest absolute Gasteiger partial charge is 0.326 e. The zero-order valence-electron chi connectivity index (χ0n) is 39.1. The zero-order chi connectivity index (χ0) is 53.3. The molecule has 11 N–H and O–H groups in total. The summed E-state index contributed by atoms with van der Waals surface area (Å²) in [6, 6.07) is 22.6. The van der Waals surface area contributed by atoms with Gasteiger partial charge in [-0.05, 0) is 35.6 Å². The second-order valence-electron chi connectivity index (χ2n) is 16.3. The maximum absolute atomic E-state index is 14.0. The van der Waals surface area contributed by atoms with E-state index in [1.165, 1.54) is 18.2 Å². The van der Waals surface area contributed by atoms with E-state index >= 15 is 0 Å². The number of urea groups is 1. The molecular formula is C49H55N9O15. The molecule has 0 heterocycles. The molecule has 0 aromatic heterocycles. The number of amides is 8. The van der Waals surface area contributed by atoms with E-state index in [-0.39, 0.29) is 43.6 Å². The lowest BCUT2D eigenvalue weighted by atomic mass is 10.0. The summed E-state index contributed by atoms with van der Waals surface area (Å²) in [7, 11) is 0. The molecule has 0 unspecified atom stereocenters. The Morgan fingerprint density at radius 1 is 0.479 bits per heavy atom. The van der Waals surface area contributed by atoms with E-state index in [2.05, 4.69) is 31.9 Å². The fraction of sp³-hybridized carbons (Fsp3) is 0.306. The van der Waals surface area contributed by atoms with Gasteiger partial charge in [0, 0.05) is 62.9 Å². The van der Waals surface area contributed by atoms with E-state index in [9.17, 15) is 68.3 Å². The molecule has 386 valence electrons. The molecule has 0 radical (unpaired) electrons. The average Bonchev–Trinajstić information content (AvgIpc) is 3.36. The van der Waals surface area contributed by atoms with E-state index in [0.29, 0.717) is 16.7 Å². The van der Waals surface area contributed by atoms with Crippen molar-refractivity contribution < 1.29 is 68.2 Å². The minimum absolute atomic E-state index is 0.00931. The second kappa shape index (κ2) is 29.1. The third-order valence-corrected chi connectivity index (χ3v) is 10.8. The Kier molecular flexibility index (Phi) is 22.5. The van der Waals surface area contributed by atoms with Gasteiger partial charge in [0.1, 0.15) is 30.2 Å². The van der Waals surface area contributed by atoms with E-state index in [0.717, 1.165) is 6.07 Å². The van der Waals surface area contributed by atoms with Gasteiger partial charge in [0.15, 0.2) is 0 Å². The highest BCUT2D eigenvalue weighted by molar-refractivity contribution is 5.99. The van der Waals surface area contributed by atoms with Gasteiger partial charge in [-0.1, -0.05) is 97.1 Å². The monoisotopic (exact) mass is 1010 g/mol. The van der Waals surface area contributed by atoms with Crippen LogP contribution in [0.1, 0.15) is 52.7 Å². The first-order chi connectivity index (χ1) is 34.9. The quantitative estimate of drug-likeness (QED) is 0.0201. The van der Waals surface area contributed by atoms with Crippen LogP contribution in [-0.4, -0.2) is 129 Å². The number of rotatable bonds is 29. The number of carboxylic acid groups (broad SMARTS) is 3. The van der Waals surface area contributed by atoms with Crippen molar-refractivity contribution in [2.45, 2.75) is 75.2 Å². The van der Waals surface area contributed by atoms with Gasteiger partial charge in [-0.25, -0.2) is 14.4 Å². The van der Waals surface area contributed by atoms with Gasteiger partial charge >= 0.3 is 23.9 Å². The number of carbonyl (C=O) groups excluding carboxylic acids is 7. The first-order valence-corrected chi connectivity index (χ1v) is 22.7. The third-order valence-electron chi connectivity index (χ3n) is 10.8. The first-order valence-electron chi connectivity index (χ1n) is 22.7. The molecule has 0 aliphatic carbocycles. The van der Waals surface area contributed by atoms with Crippen LogP contribution in [0.2, 0.25) is 0 Å². The predicted octanol–water partition coefficient (Wildman–Crippen LogP) is 0.590. The minimum Gasteiger partial charge on any atom is -0.481 e. The summed E-state index contributed by atoms with van der Waals surface area (Å²) in [6.07, 6.45) is -2.12. The third kappa shape index (κ3) is 20.3. The highest BCUT2D eigenvalue weighted by Gasteiger charge is 2.30. The standard InChI is InChI=1S/C49H55N9O15/c59-40(21-19-35(47(67)68)56-49(71)57-36(48(69)70)20-22-42(61)62)53-37(25-30-11-4-1-5-12-30)44(64)51-24-23-50-41(60)29-52-45(65)38(26-31-13-6-2-7-14-31)55-46(66)39(27-32-15-8-3-9-16-32)54-43(63)33-17-10-18-34(28-33)58(72)73/h1-18,28,35-39H,19-27,29H2,(H,50,60)(H,51,64)(H,52,65)(H,53,59)(H,54,63)(H,55,66)(H,61,62)(H,67,68)(H,69,70)(H2,56,57,71)/t35-,36-,37-,38-,39-/m0/s1. The fourth-order valence-electron chi connectivity index (χ4n) is 7.00. The average molecular weight is 1010 g/mol.